The highest BCUT2D eigenvalue weighted by atomic mass is 31.1. The lowest BCUT2D eigenvalue weighted by molar-refractivity contribution is -0.141. The van der Waals surface area contributed by atoms with Crippen molar-refractivity contribution in [2.45, 2.75) is 12.8 Å². The van der Waals surface area contributed by atoms with E-state index in [0.29, 0.717) is 5.75 Å². The lowest BCUT2D eigenvalue weighted by Gasteiger charge is -2.06. The summed E-state index contributed by atoms with van der Waals surface area (Å²) in [4.78, 5) is 22.2. The van der Waals surface area contributed by atoms with Gasteiger partial charge < -0.3 is 9.26 Å². The van der Waals surface area contributed by atoms with Crippen molar-refractivity contribution in [1.82, 2.24) is 5.09 Å². The summed E-state index contributed by atoms with van der Waals surface area (Å²) < 4.78 is 21.0. The van der Waals surface area contributed by atoms with E-state index in [0.717, 1.165) is 0 Å². The first-order valence-electron chi connectivity index (χ1n) is 5.71. The Hall–Kier alpha value is -1.65. The number of ether oxygens (including phenoxy) is 1. The van der Waals surface area contributed by atoms with Crippen LogP contribution in [0.3, 0.4) is 0 Å². The van der Waals surface area contributed by atoms with Crippen LogP contribution in [-0.2, 0) is 18.9 Å². The van der Waals surface area contributed by atoms with Crippen molar-refractivity contribution in [3.8, 4) is 5.75 Å². The molecule has 1 aromatic carbocycles. The summed E-state index contributed by atoms with van der Waals surface area (Å²) in [5, 5.41) is 2.50. The van der Waals surface area contributed by atoms with Crippen molar-refractivity contribution in [2.24, 2.45) is 0 Å². The Labute approximate surface area is 112 Å². The topological polar surface area (TPSA) is 81.7 Å². The molecule has 0 aromatic heterocycles. The molecule has 0 heterocycles. The molecule has 0 aliphatic heterocycles. The van der Waals surface area contributed by atoms with Crippen molar-refractivity contribution < 1.29 is 23.4 Å². The van der Waals surface area contributed by atoms with Gasteiger partial charge in [0.2, 0.25) is 0 Å². The highest BCUT2D eigenvalue weighted by Gasteiger charge is 2.08. The maximum atomic E-state index is 11.5. The van der Waals surface area contributed by atoms with Crippen molar-refractivity contribution in [3.63, 3.8) is 0 Å². The number of esters is 1. The number of para-hydroxylation sites is 1. The van der Waals surface area contributed by atoms with Crippen molar-refractivity contribution in [3.05, 3.63) is 30.3 Å². The molecule has 0 saturated carbocycles. The number of Topliss-reactive ketones (excluding diaryl/α,β-unsaturated/α-hetero) is 1. The zero-order valence-corrected chi connectivity index (χ0v) is 11.5. The van der Waals surface area contributed by atoms with Gasteiger partial charge in [-0.3, -0.25) is 14.2 Å². The zero-order chi connectivity index (χ0) is 14.1. The summed E-state index contributed by atoms with van der Waals surface area (Å²) in [5.41, 5.74) is 0. The van der Waals surface area contributed by atoms with Gasteiger partial charge in [-0.25, -0.2) is 5.09 Å². The first kappa shape index (κ1) is 15.4. The number of ketones is 1. The van der Waals surface area contributed by atoms with Crippen molar-refractivity contribution >= 4 is 19.9 Å². The van der Waals surface area contributed by atoms with Crippen LogP contribution in [0.5, 0.6) is 5.75 Å². The van der Waals surface area contributed by atoms with Gasteiger partial charge in [0.15, 0.2) is 0 Å². The third-order valence-electron chi connectivity index (χ3n) is 2.22. The van der Waals surface area contributed by atoms with Crippen LogP contribution in [-0.4, -0.2) is 25.4 Å². The van der Waals surface area contributed by atoms with E-state index in [-0.39, 0.29) is 25.2 Å². The second-order valence-electron chi connectivity index (χ2n) is 3.67. The second-order valence-corrected chi connectivity index (χ2v) is 4.80. The van der Waals surface area contributed by atoms with Gasteiger partial charge in [0, 0.05) is 6.42 Å². The SMILES string of the molecule is COC(=O)CCC(=O)CN[PH](=O)Oc1ccccc1. The molecular weight excluding hydrogens is 269 g/mol. The van der Waals surface area contributed by atoms with E-state index in [4.69, 9.17) is 4.52 Å². The van der Waals surface area contributed by atoms with E-state index in [2.05, 4.69) is 9.82 Å². The summed E-state index contributed by atoms with van der Waals surface area (Å²) in [6, 6.07) is 8.67. The zero-order valence-electron chi connectivity index (χ0n) is 10.5. The maximum absolute atomic E-state index is 11.5. The normalized spacial score (nSPS) is 11.6. The number of rotatable bonds is 8. The minimum atomic E-state index is -2.52. The average molecular weight is 285 g/mol. The molecule has 1 rings (SSSR count). The summed E-state index contributed by atoms with van der Waals surface area (Å²) in [7, 11) is -1.26. The smallest absolute Gasteiger partial charge is 0.305 e. The van der Waals surface area contributed by atoms with Gasteiger partial charge in [0.25, 0.3) is 0 Å². The Balaban J connectivity index is 2.23. The van der Waals surface area contributed by atoms with E-state index in [9.17, 15) is 14.2 Å². The molecule has 1 unspecified atom stereocenters. The summed E-state index contributed by atoms with van der Waals surface area (Å²) >= 11 is 0. The Kier molecular flexibility index (Phi) is 6.85. The fraction of sp³-hybridized carbons (Fsp3) is 0.333. The molecule has 0 bridgehead atoms. The molecule has 7 heteroatoms. The number of hydrogen-bond acceptors (Lipinski definition) is 5. The molecular formula is C12H16NO5P. The summed E-state index contributed by atoms with van der Waals surface area (Å²) in [5.74, 6) is -0.192. The molecule has 6 nitrogen and oxygen atoms in total. The van der Waals surface area contributed by atoms with Crippen LogP contribution < -0.4 is 9.61 Å². The highest BCUT2D eigenvalue weighted by Crippen LogP contribution is 2.22. The van der Waals surface area contributed by atoms with Crippen LogP contribution in [0.15, 0.2) is 30.3 Å². The lowest BCUT2D eigenvalue weighted by atomic mass is 10.2. The van der Waals surface area contributed by atoms with E-state index < -0.39 is 14.1 Å². The Morgan fingerprint density at radius 3 is 2.53 bits per heavy atom. The predicted octanol–water partition coefficient (Wildman–Crippen LogP) is 1.57. The molecule has 1 N–H and O–H groups in total. The molecule has 0 aliphatic rings. The average Bonchev–Trinajstić information content (AvgIpc) is 2.43. The van der Waals surface area contributed by atoms with Crippen LogP contribution in [0.4, 0.5) is 0 Å². The number of benzene rings is 1. The molecule has 0 amide bonds. The van der Waals surface area contributed by atoms with Crippen LogP contribution in [0.2, 0.25) is 0 Å². The first-order chi connectivity index (χ1) is 9.11. The minimum absolute atomic E-state index is 0.0253. The molecule has 1 atom stereocenters. The van der Waals surface area contributed by atoms with Crippen LogP contribution >= 0.6 is 8.18 Å². The van der Waals surface area contributed by atoms with Gasteiger partial charge >= 0.3 is 14.1 Å². The Morgan fingerprint density at radius 1 is 1.21 bits per heavy atom. The number of hydrogen-bond donors (Lipinski definition) is 1. The number of carbonyl (C=O) groups is 2. The third-order valence-corrected chi connectivity index (χ3v) is 3.11. The lowest BCUT2D eigenvalue weighted by Crippen LogP contribution is -2.18. The van der Waals surface area contributed by atoms with E-state index in [1.165, 1.54) is 7.11 Å². The van der Waals surface area contributed by atoms with Gasteiger partial charge in [-0.1, -0.05) is 18.2 Å². The number of methoxy groups -OCH3 is 1. The molecule has 0 radical (unpaired) electrons. The van der Waals surface area contributed by atoms with Crippen molar-refractivity contribution in [2.75, 3.05) is 13.7 Å². The minimum Gasteiger partial charge on any atom is -0.469 e. The second kappa shape index (κ2) is 8.45. The van der Waals surface area contributed by atoms with Crippen LogP contribution in [0.25, 0.3) is 0 Å². The van der Waals surface area contributed by atoms with E-state index >= 15 is 0 Å². The number of carbonyl (C=O) groups excluding carboxylic acids is 2. The standard InChI is InChI=1S/C12H16NO5P/c1-17-12(15)8-7-10(14)9-13-19(16)18-11-5-3-2-4-6-11/h2-6,19H,7-9H2,1H3,(H,13,16). The Morgan fingerprint density at radius 2 is 1.89 bits per heavy atom. The quantitative estimate of drug-likeness (QED) is 0.576. The molecule has 0 saturated heterocycles. The molecule has 0 spiro atoms. The highest BCUT2D eigenvalue weighted by molar-refractivity contribution is 7.37. The van der Waals surface area contributed by atoms with Crippen molar-refractivity contribution in [1.29, 1.82) is 0 Å². The monoisotopic (exact) mass is 285 g/mol. The van der Waals surface area contributed by atoms with Gasteiger partial charge in [-0.15, -0.1) is 0 Å². The van der Waals surface area contributed by atoms with Gasteiger partial charge in [-0.2, -0.15) is 0 Å². The number of nitrogens with one attached hydrogen (secondary N) is 1. The largest absolute Gasteiger partial charge is 0.469 e. The van der Waals surface area contributed by atoms with Crippen LogP contribution in [0.1, 0.15) is 12.8 Å². The van der Waals surface area contributed by atoms with Gasteiger partial charge in [0.05, 0.1) is 20.1 Å². The fourth-order valence-electron chi connectivity index (χ4n) is 1.23. The molecule has 0 fully saturated rings. The third kappa shape index (κ3) is 6.74. The Bertz CT molecular complexity index is 449. The summed E-state index contributed by atoms with van der Waals surface area (Å²) in [6.07, 6.45) is 0.0810. The molecule has 1 aromatic rings. The molecule has 104 valence electrons. The fourth-order valence-corrected chi connectivity index (χ4v) is 2.00. The van der Waals surface area contributed by atoms with E-state index in [1.807, 2.05) is 6.07 Å². The van der Waals surface area contributed by atoms with E-state index in [1.54, 1.807) is 24.3 Å². The molecule has 0 aliphatic carbocycles. The van der Waals surface area contributed by atoms with Gasteiger partial charge in [-0.05, 0) is 12.1 Å². The predicted molar refractivity (Wildman–Crippen MR) is 70.3 cm³/mol. The first-order valence-corrected chi connectivity index (χ1v) is 7.02. The van der Waals surface area contributed by atoms with Gasteiger partial charge in [0.1, 0.15) is 11.5 Å². The maximum Gasteiger partial charge on any atom is 0.305 e. The van der Waals surface area contributed by atoms with Crippen LogP contribution in [0, 0.1) is 0 Å². The summed E-state index contributed by atoms with van der Waals surface area (Å²) in [6.45, 7) is -0.0956. The molecule has 19 heavy (non-hydrogen) atoms.